The highest BCUT2D eigenvalue weighted by Gasteiger charge is 2.19. The van der Waals surface area contributed by atoms with Crippen LogP contribution in [0.15, 0.2) is 30.3 Å². The average molecular weight is 205 g/mol. The summed E-state index contributed by atoms with van der Waals surface area (Å²) < 4.78 is 0. The van der Waals surface area contributed by atoms with Crippen LogP contribution >= 0.6 is 0 Å². The van der Waals surface area contributed by atoms with E-state index in [-0.39, 0.29) is 5.54 Å². The molecular weight excluding hydrogens is 182 g/mol. The van der Waals surface area contributed by atoms with E-state index in [1.807, 2.05) is 0 Å². The van der Waals surface area contributed by atoms with Gasteiger partial charge in [0.05, 0.1) is 0 Å². The second kappa shape index (κ2) is 4.80. The van der Waals surface area contributed by atoms with E-state index in [4.69, 9.17) is 0 Å². The zero-order valence-electron chi connectivity index (χ0n) is 10.5. The maximum absolute atomic E-state index is 3.62. The van der Waals surface area contributed by atoms with Crippen LogP contribution in [-0.4, -0.2) is 11.6 Å². The first-order valence-corrected chi connectivity index (χ1v) is 5.73. The molecule has 0 heterocycles. The molecule has 0 radical (unpaired) electrons. The summed E-state index contributed by atoms with van der Waals surface area (Å²) in [5, 5.41) is 3.62. The molecule has 0 bridgehead atoms. The minimum absolute atomic E-state index is 0.183. The van der Waals surface area contributed by atoms with Gasteiger partial charge in [-0.15, -0.1) is 0 Å². The van der Waals surface area contributed by atoms with E-state index in [0.29, 0.717) is 12.0 Å². The van der Waals surface area contributed by atoms with Crippen molar-refractivity contribution in [3.8, 4) is 0 Å². The molecule has 0 fully saturated rings. The van der Waals surface area contributed by atoms with Crippen molar-refractivity contribution in [1.82, 2.24) is 5.32 Å². The molecule has 15 heavy (non-hydrogen) atoms. The highest BCUT2D eigenvalue weighted by atomic mass is 15.0. The highest BCUT2D eigenvalue weighted by Crippen LogP contribution is 2.20. The third-order valence-corrected chi connectivity index (χ3v) is 2.74. The zero-order chi connectivity index (χ0) is 11.5. The summed E-state index contributed by atoms with van der Waals surface area (Å²) in [6.07, 6.45) is 0. The van der Waals surface area contributed by atoms with Crippen LogP contribution in [-0.2, 0) is 0 Å². The van der Waals surface area contributed by atoms with Gasteiger partial charge in [-0.25, -0.2) is 0 Å². The maximum Gasteiger partial charge on any atom is 0.0110 e. The van der Waals surface area contributed by atoms with E-state index in [1.54, 1.807) is 0 Å². The summed E-state index contributed by atoms with van der Waals surface area (Å²) >= 11 is 0. The fourth-order valence-electron chi connectivity index (χ4n) is 1.85. The largest absolute Gasteiger partial charge is 0.309 e. The van der Waals surface area contributed by atoms with Gasteiger partial charge in [0.25, 0.3) is 0 Å². The van der Waals surface area contributed by atoms with Gasteiger partial charge in [0.2, 0.25) is 0 Å². The average Bonchev–Trinajstić information content (AvgIpc) is 2.15. The molecule has 1 nitrogen and oxygen atoms in total. The molecule has 1 aromatic carbocycles. The van der Waals surface area contributed by atoms with Crippen molar-refractivity contribution in [1.29, 1.82) is 0 Å². The topological polar surface area (TPSA) is 12.0 Å². The van der Waals surface area contributed by atoms with Crippen molar-refractivity contribution in [2.75, 3.05) is 0 Å². The third-order valence-electron chi connectivity index (χ3n) is 2.74. The molecule has 2 atom stereocenters. The fourth-order valence-corrected chi connectivity index (χ4v) is 1.85. The SMILES string of the molecule is CC(NC(C)(C)C)C(C)c1ccccc1. The summed E-state index contributed by atoms with van der Waals surface area (Å²) in [7, 11) is 0. The normalized spacial score (nSPS) is 16.1. The molecule has 1 rings (SSSR count). The number of rotatable bonds is 3. The second-order valence-corrected chi connectivity index (χ2v) is 5.38. The van der Waals surface area contributed by atoms with Crippen molar-refractivity contribution in [3.05, 3.63) is 35.9 Å². The van der Waals surface area contributed by atoms with Gasteiger partial charge in [-0.2, -0.15) is 0 Å². The monoisotopic (exact) mass is 205 g/mol. The Bertz CT molecular complexity index is 284. The van der Waals surface area contributed by atoms with Crippen LogP contribution < -0.4 is 5.32 Å². The Balaban J connectivity index is 2.65. The lowest BCUT2D eigenvalue weighted by Gasteiger charge is -2.30. The molecular formula is C14H23N. The predicted molar refractivity (Wildman–Crippen MR) is 67.2 cm³/mol. The van der Waals surface area contributed by atoms with Gasteiger partial charge < -0.3 is 5.32 Å². The molecule has 0 saturated heterocycles. The lowest BCUT2D eigenvalue weighted by Crippen LogP contribution is -2.44. The van der Waals surface area contributed by atoms with Crippen LogP contribution in [0.4, 0.5) is 0 Å². The summed E-state index contributed by atoms with van der Waals surface area (Å²) in [6, 6.07) is 11.2. The van der Waals surface area contributed by atoms with Gasteiger partial charge in [-0.3, -0.25) is 0 Å². The van der Waals surface area contributed by atoms with Crippen LogP contribution in [0.25, 0.3) is 0 Å². The Morgan fingerprint density at radius 2 is 1.53 bits per heavy atom. The molecule has 0 saturated carbocycles. The summed E-state index contributed by atoms with van der Waals surface area (Å²) in [5.74, 6) is 0.547. The van der Waals surface area contributed by atoms with Crippen LogP contribution in [0.1, 0.15) is 46.1 Å². The standard InChI is InChI=1S/C14H23N/c1-11(12(2)15-14(3,4)5)13-9-7-6-8-10-13/h6-12,15H,1-5H3. The fraction of sp³-hybridized carbons (Fsp3) is 0.571. The Morgan fingerprint density at radius 1 is 1.00 bits per heavy atom. The Kier molecular flexibility index (Phi) is 3.92. The first-order chi connectivity index (χ1) is 6.90. The molecule has 1 aromatic rings. The molecule has 84 valence electrons. The van der Waals surface area contributed by atoms with E-state index in [0.717, 1.165) is 0 Å². The molecule has 0 aliphatic carbocycles. The Hall–Kier alpha value is -0.820. The lowest BCUT2D eigenvalue weighted by molar-refractivity contribution is 0.346. The summed E-state index contributed by atoms with van der Waals surface area (Å²) in [4.78, 5) is 0. The van der Waals surface area contributed by atoms with Crippen LogP contribution in [0.5, 0.6) is 0 Å². The molecule has 2 unspecified atom stereocenters. The van der Waals surface area contributed by atoms with Crippen LogP contribution in [0.3, 0.4) is 0 Å². The maximum atomic E-state index is 3.62. The molecule has 0 spiro atoms. The van der Waals surface area contributed by atoms with E-state index in [1.165, 1.54) is 5.56 Å². The van der Waals surface area contributed by atoms with E-state index < -0.39 is 0 Å². The number of benzene rings is 1. The highest BCUT2D eigenvalue weighted by molar-refractivity contribution is 5.20. The molecule has 0 aliphatic heterocycles. The van der Waals surface area contributed by atoms with Crippen LogP contribution in [0.2, 0.25) is 0 Å². The van der Waals surface area contributed by atoms with Crippen LogP contribution in [0, 0.1) is 0 Å². The third kappa shape index (κ3) is 4.05. The smallest absolute Gasteiger partial charge is 0.0110 e. The van der Waals surface area contributed by atoms with Gasteiger partial charge in [-0.05, 0) is 39.2 Å². The first kappa shape index (κ1) is 12.3. The number of hydrogen-bond donors (Lipinski definition) is 1. The molecule has 1 heteroatoms. The van der Waals surface area contributed by atoms with Gasteiger partial charge in [-0.1, -0.05) is 37.3 Å². The predicted octanol–water partition coefficient (Wildman–Crippen LogP) is 3.57. The minimum atomic E-state index is 0.183. The Morgan fingerprint density at radius 3 is 2.00 bits per heavy atom. The number of nitrogens with one attached hydrogen (secondary N) is 1. The molecule has 0 amide bonds. The molecule has 0 aliphatic rings. The summed E-state index contributed by atoms with van der Waals surface area (Å²) in [5.41, 5.74) is 1.59. The lowest BCUT2D eigenvalue weighted by atomic mass is 9.92. The van der Waals surface area contributed by atoms with Crippen molar-refractivity contribution >= 4 is 0 Å². The second-order valence-electron chi connectivity index (χ2n) is 5.38. The van der Waals surface area contributed by atoms with Gasteiger partial charge in [0.1, 0.15) is 0 Å². The van der Waals surface area contributed by atoms with E-state index in [2.05, 4.69) is 70.3 Å². The van der Waals surface area contributed by atoms with Crippen molar-refractivity contribution in [3.63, 3.8) is 0 Å². The quantitative estimate of drug-likeness (QED) is 0.795. The van der Waals surface area contributed by atoms with Gasteiger partial charge >= 0.3 is 0 Å². The van der Waals surface area contributed by atoms with Gasteiger partial charge in [0, 0.05) is 11.6 Å². The summed E-state index contributed by atoms with van der Waals surface area (Å²) in [6.45, 7) is 11.2. The van der Waals surface area contributed by atoms with E-state index >= 15 is 0 Å². The molecule has 0 aromatic heterocycles. The van der Waals surface area contributed by atoms with Gasteiger partial charge in [0.15, 0.2) is 0 Å². The zero-order valence-corrected chi connectivity index (χ0v) is 10.5. The van der Waals surface area contributed by atoms with E-state index in [9.17, 15) is 0 Å². The Labute approximate surface area is 93.9 Å². The van der Waals surface area contributed by atoms with Crippen molar-refractivity contribution in [2.45, 2.75) is 52.1 Å². The number of hydrogen-bond acceptors (Lipinski definition) is 1. The minimum Gasteiger partial charge on any atom is -0.309 e. The molecule has 1 N–H and O–H groups in total. The first-order valence-electron chi connectivity index (χ1n) is 5.73. The van der Waals surface area contributed by atoms with Crippen molar-refractivity contribution < 1.29 is 0 Å². The van der Waals surface area contributed by atoms with Crippen molar-refractivity contribution in [2.24, 2.45) is 0 Å².